The van der Waals surface area contributed by atoms with Crippen LogP contribution in [-0.4, -0.2) is 24.3 Å². The summed E-state index contributed by atoms with van der Waals surface area (Å²) >= 11 is 1.36. The maximum absolute atomic E-state index is 11.0. The highest BCUT2D eigenvalue weighted by Gasteiger charge is 2.09. The van der Waals surface area contributed by atoms with E-state index < -0.39 is 0 Å². The second kappa shape index (κ2) is 4.39. The van der Waals surface area contributed by atoms with E-state index in [9.17, 15) is 4.79 Å². The molecule has 0 radical (unpaired) electrons. The van der Waals surface area contributed by atoms with E-state index in [4.69, 9.17) is 5.11 Å². The Morgan fingerprint density at radius 1 is 1.69 bits per heavy atom. The minimum atomic E-state index is -0.371. The first-order valence-corrected chi connectivity index (χ1v) is 4.80. The molecule has 13 heavy (non-hydrogen) atoms. The molecule has 1 atom stereocenters. The average molecular weight is 200 g/mol. The van der Waals surface area contributed by atoms with Crippen LogP contribution < -0.4 is 0 Å². The zero-order valence-electron chi connectivity index (χ0n) is 7.61. The van der Waals surface area contributed by atoms with E-state index in [-0.39, 0.29) is 12.1 Å². The molecule has 0 spiro atoms. The molecule has 72 valence electrons. The molecule has 0 saturated heterocycles. The third-order valence-corrected chi connectivity index (χ3v) is 2.63. The van der Waals surface area contributed by atoms with E-state index in [0.29, 0.717) is 11.3 Å². The first kappa shape index (κ1) is 10.2. The fourth-order valence-corrected chi connectivity index (χ4v) is 2.03. The smallest absolute Gasteiger partial charge is 0.348 e. The molecule has 1 N–H and O–H groups in total. The number of aliphatic hydroxyl groups is 1. The van der Waals surface area contributed by atoms with Crippen LogP contribution in [0.25, 0.3) is 0 Å². The summed E-state index contributed by atoms with van der Waals surface area (Å²) in [7, 11) is 1.36. The fourth-order valence-electron chi connectivity index (χ4n) is 0.989. The van der Waals surface area contributed by atoms with Crippen LogP contribution in [0.5, 0.6) is 0 Å². The molecule has 3 nitrogen and oxygen atoms in total. The van der Waals surface area contributed by atoms with Crippen molar-refractivity contribution < 1.29 is 14.6 Å². The number of carbonyl (C=O) groups is 1. The second-order valence-electron chi connectivity index (χ2n) is 2.81. The summed E-state index contributed by atoms with van der Waals surface area (Å²) in [6.07, 6.45) is 0.214. The van der Waals surface area contributed by atoms with Gasteiger partial charge in [-0.1, -0.05) is 0 Å². The lowest BCUT2D eigenvalue weighted by Gasteiger charge is -1.98. The Balaban J connectivity index is 2.69. The summed E-state index contributed by atoms with van der Waals surface area (Å²) in [4.78, 5) is 12.6. The molecular weight excluding hydrogens is 188 g/mol. The van der Waals surface area contributed by atoms with E-state index >= 15 is 0 Å². The first-order chi connectivity index (χ1) is 6.13. The molecule has 0 unspecified atom stereocenters. The van der Waals surface area contributed by atoms with Crippen molar-refractivity contribution in [2.75, 3.05) is 7.11 Å². The number of aliphatic hydroxyl groups excluding tert-OH is 1. The molecule has 0 saturated carbocycles. The number of carbonyl (C=O) groups excluding carboxylic acids is 1. The zero-order valence-corrected chi connectivity index (χ0v) is 8.43. The standard InChI is InChI=1S/C9H12O3S/c1-6(10)5-7-3-4-8(13-7)9(11)12-2/h3-4,6,10H,5H2,1-2H3/t6-/m1/s1. The van der Waals surface area contributed by atoms with Crippen LogP contribution in [0.4, 0.5) is 0 Å². The minimum absolute atomic E-state index is 0.318. The molecule has 0 bridgehead atoms. The molecular formula is C9H12O3S. The van der Waals surface area contributed by atoms with Crippen LogP contribution in [0, 0.1) is 0 Å². The Morgan fingerprint density at radius 3 is 2.92 bits per heavy atom. The van der Waals surface area contributed by atoms with Gasteiger partial charge >= 0.3 is 5.97 Å². The normalized spacial score (nSPS) is 12.5. The van der Waals surface area contributed by atoms with Crippen molar-refractivity contribution in [1.29, 1.82) is 0 Å². The Labute approximate surface area is 81.0 Å². The van der Waals surface area contributed by atoms with Crippen LogP contribution in [0.2, 0.25) is 0 Å². The van der Waals surface area contributed by atoms with Gasteiger partial charge in [0, 0.05) is 11.3 Å². The van der Waals surface area contributed by atoms with Crippen LogP contribution in [-0.2, 0) is 11.2 Å². The zero-order chi connectivity index (χ0) is 9.84. The second-order valence-corrected chi connectivity index (χ2v) is 3.98. The lowest BCUT2D eigenvalue weighted by atomic mass is 10.2. The average Bonchev–Trinajstić information content (AvgIpc) is 2.50. The van der Waals surface area contributed by atoms with Crippen LogP contribution in [0.1, 0.15) is 21.5 Å². The third kappa shape index (κ3) is 2.82. The van der Waals surface area contributed by atoms with Crippen molar-refractivity contribution in [3.8, 4) is 0 Å². The van der Waals surface area contributed by atoms with Gasteiger partial charge in [-0.3, -0.25) is 0 Å². The van der Waals surface area contributed by atoms with Crippen molar-refractivity contribution in [2.45, 2.75) is 19.4 Å². The summed E-state index contributed by atoms with van der Waals surface area (Å²) in [5.41, 5.74) is 0. The minimum Gasteiger partial charge on any atom is -0.465 e. The topological polar surface area (TPSA) is 46.5 Å². The Kier molecular flexibility index (Phi) is 3.45. The summed E-state index contributed by atoms with van der Waals surface area (Å²) in [6.45, 7) is 1.72. The Hall–Kier alpha value is -0.870. The van der Waals surface area contributed by atoms with Gasteiger partial charge < -0.3 is 9.84 Å². The van der Waals surface area contributed by atoms with Gasteiger partial charge in [-0.25, -0.2) is 4.79 Å². The number of ether oxygens (including phenoxy) is 1. The van der Waals surface area contributed by atoms with Crippen LogP contribution in [0.3, 0.4) is 0 Å². The number of methoxy groups -OCH3 is 1. The number of esters is 1. The van der Waals surface area contributed by atoms with E-state index in [2.05, 4.69) is 4.74 Å². The van der Waals surface area contributed by atoms with E-state index in [1.165, 1.54) is 18.4 Å². The van der Waals surface area contributed by atoms with E-state index in [1.54, 1.807) is 13.0 Å². The molecule has 1 rings (SSSR count). The number of thiophene rings is 1. The maximum atomic E-state index is 11.0. The monoisotopic (exact) mass is 200 g/mol. The van der Waals surface area contributed by atoms with Crippen molar-refractivity contribution >= 4 is 17.3 Å². The largest absolute Gasteiger partial charge is 0.465 e. The van der Waals surface area contributed by atoms with Gasteiger partial charge in [-0.05, 0) is 19.1 Å². The third-order valence-electron chi connectivity index (χ3n) is 1.54. The number of rotatable bonds is 3. The SMILES string of the molecule is COC(=O)c1ccc(C[C@@H](C)O)s1. The highest BCUT2D eigenvalue weighted by atomic mass is 32.1. The summed E-state index contributed by atoms with van der Waals surface area (Å²) in [6, 6.07) is 3.55. The van der Waals surface area contributed by atoms with Gasteiger partial charge in [-0.2, -0.15) is 0 Å². The van der Waals surface area contributed by atoms with Gasteiger partial charge in [0.05, 0.1) is 13.2 Å². The fraction of sp³-hybridized carbons (Fsp3) is 0.444. The van der Waals surface area contributed by atoms with Gasteiger partial charge in [0.15, 0.2) is 0 Å². The molecule has 0 fully saturated rings. The molecule has 0 aromatic carbocycles. The van der Waals surface area contributed by atoms with Gasteiger partial charge in [0.2, 0.25) is 0 Å². The molecule has 1 aromatic heterocycles. The van der Waals surface area contributed by atoms with Crippen LogP contribution in [0.15, 0.2) is 12.1 Å². The van der Waals surface area contributed by atoms with Crippen molar-refractivity contribution in [1.82, 2.24) is 0 Å². The Morgan fingerprint density at radius 2 is 2.38 bits per heavy atom. The molecule has 1 heterocycles. The summed E-state index contributed by atoms with van der Waals surface area (Å²) in [5.74, 6) is -0.318. The molecule has 1 aromatic rings. The van der Waals surface area contributed by atoms with Crippen molar-refractivity contribution in [3.05, 3.63) is 21.9 Å². The molecule has 4 heteroatoms. The number of hydrogen-bond acceptors (Lipinski definition) is 4. The quantitative estimate of drug-likeness (QED) is 0.751. The van der Waals surface area contributed by atoms with Gasteiger partial charge in [0.1, 0.15) is 4.88 Å². The molecule has 0 aliphatic rings. The van der Waals surface area contributed by atoms with Crippen molar-refractivity contribution in [2.24, 2.45) is 0 Å². The highest BCUT2D eigenvalue weighted by Crippen LogP contribution is 2.18. The van der Waals surface area contributed by atoms with E-state index in [1.807, 2.05) is 6.07 Å². The summed E-state index contributed by atoms with van der Waals surface area (Å²) < 4.78 is 4.56. The predicted octanol–water partition coefficient (Wildman–Crippen LogP) is 1.46. The molecule has 0 amide bonds. The molecule has 0 aliphatic heterocycles. The summed E-state index contributed by atoms with van der Waals surface area (Å²) in [5, 5.41) is 9.10. The van der Waals surface area contributed by atoms with Gasteiger partial charge in [-0.15, -0.1) is 11.3 Å². The van der Waals surface area contributed by atoms with Crippen molar-refractivity contribution in [3.63, 3.8) is 0 Å². The molecule has 0 aliphatic carbocycles. The van der Waals surface area contributed by atoms with Crippen LogP contribution >= 0.6 is 11.3 Å². The lowest BCUT2D eigenvalue weighted by molar-refractivity contribution is 0.0606. The Bertz CT molecular complexity index is 291. The maximum Gasteiger partial charge on any atom is 0.348 e. The first-order valence-electron chi connectivity index (χ1n) is 3.98. The van der Waals surface area contributed by atoms with Gasteiger partial charge in [0.25, 0.3) is 0 Å². The highest BCUT2D eigenvalue weighted by molar-refractivity contribution is 7.13. The predicted molar refractivity (Wildman–Crippen MR) is 51.0 cm³/mol. The van der Waals surface area contributed by atoms with E-state index in [0.717, 1.165) is 4.88 Å². The number of hydrogen-bond donors (Lipinski definition) is 1. The lowest BCUT2D eigenvalue weighted by Crippen LogP contribution is -2.02.